The van der Waals surface area contributed by atoms with Crippen molar-refractivity contribution in [1.82, 2.24) is 4.98 Å². The molecule has 1 aromatic heterocycles. The topological polar surface area (TPSA) is 65.2 Å². The van der Waals surface area contributed by atoms with Crippen molar-refractivity contribution in [3.8, 4) is 0 Å². The summed E-state index contributed by atoms with van der Waals surface area (Å²) in [6, 6.07) is 0. The molecule has 0 saturated heterocycles. The molecule has 0 radical (unpaired) electrons. The molecule has 0 aliphatic rings. The third-order valence-electron chi connectivity index (χ3n) is 1.43. The molecule has 1 aromatic rings. The van der Waals surface area contributed by atoms with Crippen LogP contribution < -0.4 is 5.73 Å². The van der Waals surface area contributed by atoms with Crippen LogP contribution in [-0.4, -0.2) is 17.6 Å². The van der Waals surface area contributed by atoms with Gasteiger partial charge in [0.1, 0.15) is 5.00 Å². The van der Waals surface area contributed by atoms with Gasteiger partial charge in [-0.1, -0.05) is 24.7 Å². The molecule has 0 aliphatic heterocycles. The van der Waals surface area contributed by atoms with Crippen LogP contribution in [0, 0.1) is 0 Å². The van der Waals surface area contributed by atoms with Gasteiger partial charge in [-0.05, 0) is 6.42 Å². The number of esters is 1. The lowest BCUT2D eigenvalue weighted by atomic mass is 10.4. The standard InChI is InChI=1S/C8H12N2O2S/c1-2-3-4-12-8(11)7-10-5-6(9)13-7/h5H,2-4,9H2,1H3. The molecule has 0 unspecified atom stereocenters. The summed E-state index contributed by atoms with van der Waals surface area (Å²) in [5.41, 5.74) is 5.42. The molecule has 72 valence electrons. The highest BCUT2D eigenvalue weighted by molar-refractivity contribution is 7.17. The Morgan fingerprint density at radius 1 is 1.77 bits per heavy atom. The Hall–Kier alpha value is -1.10. The highest BCUT2D eigenvalue weighted by atomic mass is 32.1. The van der Waals surface area contributed by atoms with E-state index in [1.54, 1.807) is 0 Å². The quantitative estimate of drug-likeness (QED) is 0.593. The Morgan fingerprint density at radius 3 is 3.08 bits per heavy atom. The smallest absolute Gasteiger partial charge is 0.367 e. The Bertz CT molecular complexity index is 285. The van der Waals surface area contributed by atoms with Gasteiger partial charge >= 0.3 is 5.97 Å². The third kappa shape index (κ3) is 3.02. The first-order valence-electron chi connectivity index (χ1n) is 4.12. The van der Waals surface area contributed by atoms with Crippen LogP contribution in [0.3, 0.4) is 0 Å². The van der Waals surface area contributed by atoms with E-state index >= 15 is 0 Å². The molecular weight excluding hydrogens is 188 g/mol. The summed E-state index contributed by atoms with van der Waals surface area (Å²) in [5, 5.41) is 0.857. The van der Waals surface area contributed by atoms with Crippen molar-refractivity contribution < 1.29 is 9.53 Å². The van der Waals surface area contributed by atoms with Crippen molar-refractivity contribution in [3.63, 3.8) is 0 Å². The number of ether oxygens (including phenoxy) is 1. The fourth-order valence-electron chi connectivity index (χ4n) is 0.752. The van der Waals surface area contributed by atoms with E-state index < -0.39 is 0 Å². The van der Waals surface area contributed by atoms with E-state index in [-0.39, 0.29) is 5.97 Å². The predicted octanol–water partition coefficient (Wildman–Crippen LogP) is 1.68. The van der Waals surface area contributed by atoms with Crippen molar-refractivity contribution in [2.24, 2.45) is 0 Å². The van der Waals surface area contributed by atoms with Gasteiger partial charge in [0.25, 0.3) is 0 Å². The Labute approximate surface area is 80.7 Å². The highest BCUT2D eigenvalue weighted by Crippen LogP contribution is 2.15. The lowest BCUT2D eigenvalue weighted by molar-refractivity contribution is 0.0499. The van der Waals surface area contributed by atoms with E-state index in [1.165, 1.54) is 6.20 Å². The number of thiazole rings is 1. The average molecular weight is 200 g/mol. The Kier molecular flexibility index (Phi) is 3.70. The maximum atomic E-state index is 11.2. The van der Waals surface area contributed by atoms with Gasteiger partial charge in [0.2, 0.25) is 5.01 Å². The minimum Gasteiger partial charge on any atom is -0.460 e. The number of unbranched alkanes of at least 4 members (excludes halogenated alkanes) is 1. The van der Waals surface area contributed by atoms with Gasteiger partial charge in [-0.2, -0.15) is 0 Å². The maximum Gasteiger partial charge on any atom is 0.367 e. The molecule has 4 nitrogen and oxygen atoms in total. The number of hydrogen-bond donors (Lipinski definition) is 1. The van der Waals surface area contributed by atoms with Crippen molar-refractivity contribution >= 4 is 22.3 Å². The van der Waals surface area contributed by atoms with Gasteiger partial charge in [0.05, 0.1) is 12.8 Å². The van der Waals surface area contributed by atoms with E-state index in [2.05, 4.69) is 4.98 Å². The van der Waals surface area contributed by atoms with E-state index in [0.717, 1.165) is 24.2 Å². The van der Waals surface area contributed by atoms with Gasteiger partial charge in [-0.15, -0.1) is 0 Å². The fraction of sp³-hybridized carbons (Fsp3) is 0.500. The fourth-order valence-corrected chi connectivity index (χ4v) is 1.33. The summed E-state index contributed by atoms with van der Waals surface area (Å²) in [4.78, 5) is 15.0. The molecular formula is C8H12N2O2S. The van der Waals surface area contributed by atoms with Crippen molar-refractivity contribution in [1.29, 1.82) is 0 Å². The van der Waals surface area contributed by atoms with E-state index in [0.29, 0.717) is 16.6 Å². The molecule has 0 spiro atoms. The van der Waals surface area contributed by atoms with Gasteiger partial charge in [0.15, 0.2) is 0 Å². The zero-order chi connectivity index (χ0) is 9.68. The normalized spacial score (nSPS) is 9.92. The molecule has 0 bridgehead atoms. The SMILES string of the molecule is CCCCOC(=O)c1ncc(N)s1. The lowest BCUT2D eigenvalue weighted by Gasteiger charge is -1.99. The molecule has 0 aromatic carbocycles. The molecule has 13 heavy (non-hydrogen) atoms. The van der Waals surface area contributed by atoms with E-state index in [9.17, 15) is 4.79 Å². The molecule has 2 N–H and O–H groups in total. The zero-order valence-electron chi connectivity index (χ0n) is 7.45. The van der Waals surface area contributed by atoms with E-state index in [1.807, 2.05) is 6.92 Å². The highest BCUT2D eigenvalue weighted by Gasteiger charge is 2.10. The van der Waals surface area contributed by atoms with Gasteiger partial charge in [0, 0.05) is 0 Å². The van der Waals surface area contributed by atoms with Crippen LogP contribution >= 0.6 is 11.3 Å². The second kappa shape index (κ2) is 4.81. The Morgan fingerprint density at radius 2 is 2.54 bits per heavy atom. The second-order valence-electron chi connectivity index (χ2n) is 2.56. The van der Waals surface area contributed by atoms with Crippen LogP contribution in [-0.2, 0) is 4.74 Å². The molecule has 0 atom stereocenters. The molecule has 5 heteroatoms. The molecule has 0 aliphatic carbocycles. The summed E-state index contributed by atoms with van der Waals surface area (Å²) < 4.78 is 4.94. The van der Waals surface area contributed by atoms with Crippen LogP contribution in [0.15, 0.2) is 6.20 Å². The van der Waals surface area contributed by atoms with E-state index in [4.69, 9.17) is 10.5 Å². The van der Waals surface area contributed by atoms with Crippen LogP contribution in [0.5, 0.6) is 0 Å². The van der Waals surface area contributed by atoms with Gasteiger partial charge in [-0.3, -0.25) is 0 Å². The zero-order valence-corrected chi connectivity index (χ0v) is 8.26. The van der Waals surface area contributed by atoms with Crippen LogP contribution in [0.2, 0.25) is 0 Å². The van der Waals surface area contributed by atoms with Crippen molar-refractivity contribution in [3.05, 3.63) is 11.2 Å². The number of nitrogens with zero attached hydrogens (tertiary/aromatic N) is 1. The van der Waals surface area contributed by atoms with Gasteiger partial charge < -0.3 is 10.5 Å². The number of rotatable bonds is 4. The minimum absolute atomic E-state index is 0.327. The molecule has 0 saturated carbocycles. The van der Waals surface area contributed by atoms with Gasteiger partial charge in [-0.25, -0.2) is 9.78 Å². The third-order valence-corrected chi connectivity index (χ3v) is 2.24. The largest absolute Gasteiger partial charge is 0.460 e. The first-order chi connectivity index (χ1) is 6.24. The summed E-state index contributed by atoms with van der Waals surface area (Å²) >= 11 is 1.15. The predicted molar refractivity (Wildman–Crippen MR) is 51.7 cm³/mol. The minimum atomic E-state index is -0.379. The summed E-state index contributed by atoms with van der Waals surface area (Å²) in [6.45, 7) is 2.49. The average Bonchev–Trinajstić information content (AvgIpc) is 2.52. The summed E-state index contributed by atoms with van der Waals surface area (Å²) in [7, 11) is 0. The number of hydrogen-bond acceptors (Lipinski definition) is 5. The monoisotopic (exact) mass is 200 g/mol. The molecule has 0 fully saturated rings. The lowest BCUT2D eigenvalue weighted by Crippen LogP contribution is -2.05. The number of nitrogens with two attached hydrogens (primary N) is 1. The van der Waals surface area contributed by atoms with Crippen molar-refractivity contribution in [2.75, 3.05) is 12.3 Å². The Balaban J connectivity index is 2.40. The summed E-state index contributed by atoms with van der Waals surface area (Å²) in [6.07, 6.45) is 3.35. The number of nitrogen functional groups attached to an aromatic ring is 1. The molecule has 0 amide bonds. The number of aromatic nitrogens is 1. The van der Waals surface area contributed by atoms with Crippen LogP contribution in [0.4, 0.5) is 5.00 Å². The van der Waals surface area contributed by atoms with Crippen molar-refractivity contribution in [2.45, 2.75) is 19.8 Å². The first kappa shape index (κ1) is 9.98. The second-order valence-corrected chi connectivity index (χ2v) is 3.62. The number of carbonyl (C=O) groups excluding carboxylic acids is 1. The number of carbonyl (C=O) groups is 1. The molecule has 1 rings (SSSR count). The number of anilines is 1. The van der Waals surface area contributed by atoms with Crippen LogP contribution in [0.25, 0.3) is 0 Å². The molecule has 1 heterocycles. The first-order valence-corrected chi connectivity index (χ1v) is 4.94. The summed E-state index contributed by atoms with van der Waals surface area (Å²) in [5.74, 6) is -0.379. The maximum absolute atomic E-state index is 11.2. The van der Waals surface area contributed by atoms with Crippen LogP contribution in [0.1, 0.15) is 29.6 Å².